The number of nitrogens with one attached hydrogen (secondary N) is 2. The highest BCUT2D eigenvalue weighted by Crippen LogP contribution is 2.23. The fraction of sp³-hybridized carbons (Fsp3) is 0.520. The van der Waals surface area contributed by atoms with E-state index in [1.165, 1.54) is 0 Å². The molecular weight excluding hydrogens is 436 g/mol. The summed E-state index contributed by atoms with van der Waals surface area (Å²) in [6, 6.07) is 6.99. The molecule has 0 aliphatic rings. The van der Waals surface area contributed by atoms with E-state index in [4.69, 9.17) is 16.9 Å². The number of hydrogen-bond acceptors (Lipinski definition) is 5. The summed E-state index contributed by atoms with van der Waals surface area (Å²) in [7, 11) is 0. The minimum absolute atomic E-state index is 0.107. The van der Waals surface area contributed by atoms with Gasteiger partial charge in [0, 0.05) is 19.0 Å². The molecule has 0 fully saturated rings. The third kappa shape index (κ3) is 9.53. The molecule has 1 rings (SSSR count). The van der Waals surface area contributed by atoms with Crippen LogP contribution >= 0.6 is 0 Å². The van der Waals surface area contributed by atoms with Gasteiger partial charge in [-0.1, -0.05) is 49.6 Å². The molecule has 0 heterocycles. The largest absolute Gasteiger partial charge is 0.444 e. The zero-order chi connectivity index (χ0) is 25.9. The Labute approximate surface area is 201 Å². The predicted octanol–water partition coefficient (Wildman–Crippen LogP) is 2.53. The third-order valence-electron chi connectivity index (χ3n) is 4.77. The van der Waals surface area contributed by atoms with Gasteiger partial charge in [0.15, 0.2) is 0 Å². The minimum atomic E-state index is -1.23. The lowest BCUT2D eigenvalue weighted by molar-refractivity contribution is -0.138. The standard InChI is InChI=1S/C25H36N4O5/c1-7-9-16-27-22(31)21(18-12-10-17(3)11-13-18)29(8-2)23(32)19(14-15-20(26)30)28-24(33)34-25(4,5)6/h2,10-13,19,21H,7,9,14-16H2,1,3-6H3,(H2,26,30)(H,27,31)(H,28,33). The number of hydrogen-bond donors (Lipinski definition) is 3. The van der Waals surface area contributed by atoms with E-state index in [9.17, 15) is 19.2 Å². The molecule has 0 bridgehead atoms. The maximum absolute atomic E-state index is 13.5. The number of unbranched alkanes of at least 4 members (excludes halogenated alkanes) is 1. The molecule has 4 N–H and O–H groups in total. The Kier molecular flexibility index (Phi) is 11.1. The van der Waals surface area contributed by atoms with E-state index in [0.29, 0.717) is 12.1 Å². The summed E-state index contributed by atoms with van der Waals surface area (Å²) in [4.78, 5) is 51.3. The van der Waals surface area contributed by atoms with E-state index in [1.807, 2.05) is 26.0 Å². The number of carbonyl (C=O) groups is 4. The van der Waals surface area contributed by atoms with Gasteiger partial charge < -0.3 is 21.1 Å². The number of primary amides is 1. The molecule has 0 aliphatic carbocycles. The number of nitrogens with zero attached hydrogens (tertiary/aromatic N) is 1. The van der Waals surface area contributed by atoms with Gasteiger partial charge in [0.05, 0.1) is 0 Å². The lowest BCUT2D eigenvalue weighted by Gasteiger charge is -2.30. The summed E-state index contributed by atoms with van der Waals surface area (Å²) in [5, 5.41) is 5.28. The van der Waals surface area contributed by atoms with Gasteiger partial charge in [-0.2, -0.15) is 0 Å². The molecular formula is C25H36N4O5. The van der Waals surface area contributed by atoms with E-state index >= 15 is 0 Å². The number of nitrogens with two attached hydrogens (primary N) is 1. The molecule has 9 heteroatoms. The van der Waals surface area contributed by atoms with Crippen LogP contribution in [0.4, 0.5) is 4.79 Å². The third-order valence-corrected chi connectivity index (χ3v) is 4.77. The average Bonchev–Trinajstić information content (AvgIpc) is 2.74. The second kappa shape index (κ2) is 13.2. The van der Waals surface area contributed by atoms with Crippen molar-refractivity contribution in [2.45, 2.75) is 78.0 Å². The highest BCUT2D eigenvalue weighted by atomic mass is 16.6. The molecule has 2 unspecified atom stereocenters. The van der Waals surface area contributed by atoms with Gasteiger partial charge in [0.25, 0.3) is 5.91 Å². The lowest BCUT2D eigenvalue weighted by atomic mass is 10.0. The van der Waals surface area contributed by atoms with Gasteiger partial charge in [0.1, 0.15) is 17.7 Å². The monoisotopic (exact) mass is 472 g/mol. The molecule has 9 nitrogen and oxygen atoms in total. The van der Waals surface area contributed by atoms with Crippen LogP contribution in [0.3, 0.4) is 0 Å². The molecule has 2 atom stereocenters. The number of amides is 4. The Hall–Kier alpha value is -3.54. The fourth-order valence-corrected chi connectivity index (χ4v) is 3.08. The molecule has 0 radical (unpaired) electrons. The summed E-state index contributed by atoms with van der Waals surface area (Å²) in [6.45, 7) is 9.34. The van der Waals surface area contributed by atoms with Crippen LogP contribution in [0.1, 0.15) is 70.5 Å². The van der Waals surface area contributed by atoms with Crippen LogP contribution in [0.2, 0.25) is 0 Å². The van der Waals surface area contributed by atoms with Crippen LogP contribution in [-0.2, 0) is 19.1 Å². The summed E-state index contributed by atoms with van der Waals surface area (Å²) >= 11 is 0. The highest BCUT2D eigenvalue weighted by Gasteiger charge is 2.35. The van der Waals surface area contributed by atoms with Gasteiger partial charge in [-0.25, -0.2) is 4.79 Å². The topological polar surface area (TPSA) is 131 Å². The van der Waals surface area contributed by atoms with Crippen LogP contribution in [0.25, 0.3) is 0 Å². The zero-order valence-corrected chi connectivity index (χ0v) is 20.6. The maximum atomic E-state index is 13.5. The fourth-order valence-electron chi connectivity index (χ4n) is 3.08. The molecule has 1 aromatic rings. The van der Waals surface area contributed by atoms with Gasteiger partial charge in [-0.05, 0) is 46.1 Å². The Morgan fingerprint density at radius 3 is 2.29 bits per heavy atom. The first kappa shape index (κ1) is 28.5. The second-order valence-corrected chi connectivity index (χ2v) is 9.00. The first-order valence-electron chi connectivity index (χ1n) is 11.3. The van der Waals surface area contributed by atoms with Crippen LogP contribution in [-0.4, -0.2) is 46.9 Å². The van der Waals surface area contributed by atoms with Crippen molar-refractivity contribution < 1.29 is 23.9 Å². The second-order valence-electron chi connectivity index (χ2n) is 9.00. The Balaban J connectivity index is 3.31. The maximum Gasteiger partial charge on any atom is 0.408 e. The number of ether oxygens (including phenoxy) is 1. The van der Waals surface area contributed by atoms with Crippen LogP contribution in [0.15, 0.2) is 24.3 Å². The van der Waals surface area contributed by atoms with Crippen LogP contribution < -0.4 is 16.4 Å². The van der Waals surface area contributed by atoms with E-state index < -0.39 is 41.5 Å². The van der Waals surface area contributed by atoms with Crippen molar-refractivity contribution in [1.82, 2.24) is 15.5 Å². The van der Waals surface area contributed by atoms with Crippen molar-refractivity contribution in [2.75, 3.05) is 6.54 Å². The first-order chi connectivity index (χ1) is 15.9. The van der Waals surface area contributed by atoms with Gasteiger partial charge in [0.2, 0.25) is 11.8 Å². The Morgan fingerprint density at radius 1 is 1.18 bits per heavy atom. The Bertz CT molecular complexity index is 899. The van der Waals surface area contributed by atoms with E-state index in [-0.39, 0.29) is 12.8 Å². The normalized spacial score (nSPS) is 12.6. The molecule has 0 aliphatic heterocycles. The van der Waals surface area contributed by atoms with Crippen LogP contribution in [0.5, 0.6) is 0 Å². The molecule has 1 aromatic carbocycles. The molecule has 4 amide bonds. The quantitative estimate of drug-likeness (QED) is 0.259. The molecule has 186 valence electrons. The van der Waals surface area contributed by atoms with E-state index in [2.05, 4.69) is 16.7 Å². The van der Waals surface area contributed by atoms with Gasteiger partial charge in [-0.15, -0.1) is 0 Å². The molecule has 0 saturated carbocycles. The van der Waals surface area contributed by atoms with Crippen molar-refractivity contribution in [3.8, 4) is 12.5 Å². The minimum Gasteiger partial charge on any atom is -0.444 e. The number of benzene rings is 1. The summed E-state index contributed by atoms with van der Waals surface area (Å²) in [5.74, 6) is -1.83. The summed E-state index contributed by atoms with van der Waals surface area (Å²) in [6.07, 6.45) is 6.20. The molecule has 0 saturated heterocycles. The average molecular weight is 473 g/mol. The number of alkyl carbamates (subject to hydrolysis) is 1. The highest BCUT2D eigenvalue weighted by molar-refractivity contribution is 5.93. The van der Waals surface area contributed by atoms with Crippen molar-refractivity contribution in [1.29, 1.82) is 0 Å². The SMILES string of the molecule is C#CN(C(=O)C(CCC(N)=O)NC(=O)OC(C)(C)C)C(C(=O)NCCCC)c1ccc(C)cc1. The predicted molar refractivity (Wildman–Crippen MR) is 129 cm³/mol. The number of carbonyl (C=O) groups excluding carboxylic acids is 4. The first-order valence-corrected chi connectivity index (χ1v) is 11.3. The summed E-state index contributed by atoms with van der Waals surface area (Å²) < 4.78 is 5.24. The Morgan fingerprint density at radius 2 is 1.79 bits per heavy atom. The molecule has 0 spiro atoms. The van der Waals surface area contributed by atoms with E-state index in [1.54, 1.807) is 32.9 Å². The number of rotatable bonds is 11. The summed E-state index contributed by atoms with van der Waals surface area (Å²) in [5.41, 5.74) is 5.92. The zero-order valence-electron chi connectivity index (χ0n) is 20.6. The van der Waals surface area contributed by atoms with Crippen molar-refractivity contribution in [3.05, 3.63) is 35.4 Å². The number of terminal acetylenes is 1. The van der Waals surface area contributed by atoms with Crippen molar-refractivity contribution >= 4 is 23.8 Å². The number of aryl methyl sites for hydroxylation is 1. The molecule has 34 heavy (non-hydrogen) atoms. The van der Waals surface area contributed by atoms with E-state index in [0.717, 1.165) is 23.3 Å². The molecule has 0 aromatic heterocycles. The van der Waals surface area contributed by atoms with Crippen molar-refractivity contribution in [3.63, 3.8) is 0 Å². The smallest absolute Gasteiger partial charge is 0.408 e. The van der Waals surface area contributed by atoms with Gasteiger partial charge >= 0.3 is 6.09 Å². The lowest BCUT2D eigenvalue weighted by Crippen LogP contribution is -2.51. The van der Waals surface area contributed by atoms with Crippen LogP contribution in [0, 0.1) is 19.4 Å². The van der Waals surface area contributed by atoms with Crippen molar-refractivity contribution in [2.24, 2.45) is 5.73 Å². The van der Waals surface area contributed by atoms with Gasteiger partial charge in [-0.3, -0.25) is 19.3 Å².